The summed E-state index contributed by atoms with van der Waals surface area (Å²) in [4.78, 5) is 28.8. The van der Waals surface area contributed by atoms with Crippen LogP contribution in [0.15, 0.2) is 78.9 Å². The molecule has 1 aliphatic rings. The van der Waals surface area contributed by atoms with E-state index in [1.807, 2.05) is 56.0 Å². The molecule has 1 fully saturated rings. The molecular formula is C33H40ClN3O3. The summed E-state index contributed by atoms with van der Waals surface area (Å²) in [6, 6.07) is 26.7. The van der Waals surface area contributed by atoms with E-state index in [1.54, 1.807) is 0 Å². The average molecular weight is 562 g/mol. The number of ether oxygens (including phenoxy) is 1. The molecule has 0 bridgehead atoms. The Hall–Kier alpha value is -3.51. The van der Waals surface area contributed by atoms with Crippen LogP contribution in [0.5, 0.6) is 0 Å². The lowest BCUT2D eigenvalue weighted by molar-refractivity contribution is -0.119. The van der Waals surface area contributed by atoms with E-state index in [-0.39, 0.29) is 23.8 Å². The van der Waals surface area contributed by atoms with E-state index in [4.69, 9.17) is 16.3 Å². The lowest BCUT2D eigenvalue weighted by atomic mass is 9.89. The number of rotatable bonds is 9. The zero-order chi connectivity index (χ0) is 28.7. The smallest absolute Gasteiger partial charge is 0.410 e. The van der Waals surface area contributed by atoms with Crippen LogP contribution in [0.3, 0.4) is 0 Å². The molecule has 2 amide bonds. The SMILES string of the molecule is CC(=O)NCc1cccc(CN(C[C@H]2CN(C(=O)OC(C)(C)C)C[C@@H]2Cc2ccccc2)c2ccc(Cl)cc2)c1. The summed E-state index contributed by atoms with van der Waals surface area (Å²) in [7, 11) is 0. The van der Waals surface area contributed by atoms with Crippen molar-refractivity contribution >= 4 is 29.3 Å². The zero-order valence-corrected chi connectivity index (χ0v) is 24.7. The molecule has 1 saturated heterocycles. The second-order valence-corrected chi connectivity index (χ2v) is 12.1. The molecule has 6 nitrogen and oxygen atoms in total. The van der Waals surface area contributed by atoms with E-state index in [9.17, 15) is 9.59 Å². The quantitative estimate of drug-likeness (QED) is 0.315. The van der Waals surface area contributed by atoms with Crippen molar-refractivity contribution in [1.82, 2.24) is 10.2 Å². The molecule has 7 heteroatoms. The lowest BCUT2D eigenvalue weighted by Crippen LogP contribution is -2.36. The first-order valence-corrected chi connectivity index (χ1v) is 14.3. The van der Waals surface area contributed by atoms with Gasteiger partial charge in [-0.25, -0.2) is 4.79 Å². The highest BCUT2D eigenvalue weighted by Gasteiger charge is 2.38. The van der Waals surface area contributed by atoms with Crippen molar-refractivity contribution < 1.29 is 14.3 Å². The maximum atomic E-state index is 13.1. The Morgan fingerprint density at radius 3 is 2.25 bits per heavy atom. The van der Waals surface area contributed by atoms with Crippen molar-refractivity contribution in [3.05, 3.63) is 101 Å². The second kappa shape index (κ2) is 13.2. The number of carbonyl (C=O) groups excluding carboxylic acids is 2. The van der Waals surface area contributed by atoms with Crippen LogP contribution in [-0.2, 0) is 29.0 Å². The van der Waals surface area contributed by atoms with Gasteiger partial charge in [-0.15, -0.1) is 0 Å². The number of amides is 2. The van der Waals surface area contributed by atoms with Gasteiger partial charge in [-0.05, 0) is 80.0 Å². The summed E-state index contributed by atoms with van der Waals surface area (Å²) in [5.41, 5.74) is 4.02. The molecule has 3 aromatic rings. The van der Waals surface area contributed by atoms with Crippen molar-refractivity contribution in [3.8, 4) is 0 Å². The minimum absolute atomic E-state index is 0.0478. The van der Waals surface area contributed by atoms with Crippen LogP contribution < -0.4 is 10.2 Å². The highest BCUT2D eigenvalue weighted by molar-refractivity contribution is 6.30. The predicted molar refractivity (Wildman–Crippen MR) is 161 cm³/mol. The molecule has 1 aliphatic heterocycles. The monoisotopic (exact) mass is 561 g/mol. The number of halogens is 1. The van der Waals surface area contributed by atoms with Crippen LogP contribution in [-0.4, -0.2) is 42.1 Å². The third-order valence-electron chi connectivity index (χ3n) is 7.12. The van der Waals surface area contributed by atoms with E-state index >= 15 is 0 Å². The zero-order valence-electron chi connectivity index (χ0n) is 23.9. The molecule has 0 unspecified atom stereocenters. The minimum atomic E-state index is -0.540. The summed E-state index contributed by atoms with van der Waals surface area (Å²) in [5.74, 6) is 0.482. The first-order valence-electron chi connectivity index (χ1n) is 13.9. The van der Waals surface area contributed by atoms with Crippen molar-refractivity contribution in [1.29, 1.82) is 0 Å². The van der Waals surface area contributed by atoms with Gasteiger partial charge in [0, 0.05) is 50.4 Å². The summed E-state index contributed by atoms with van der Waals surface area (Å²) >= 11 is 6.24. The fourth-order valence-electron chi connectivity index (χ4n) is 5.25. The number of hydrogen-bond donors (Lipinski definition) is 1. The summed E-state index contributed by atoms with van der Waals surface area (Å²) in [6.07, 6.45) is 0.641. The van der Waals surface area contributed by atoms with Gasteiger partial charge in [0.2, 0.25) is 5.91 Å². The Morgan fingerprint density at radius 1 is 0.925 bits per heavy atom. The van der Waals surface area contributed by atoms with Gasteiger partial charge in [-0.1, -0.05) is 66.2 Å². The van der Waals surface area contributed by atoms with Gasteiger partial charge >= 0.3 is 6.09 Å². The van der Waals surface area contributed by atoms with Gasteiger partial charge in [0.25, 0.3) is 0 Å². The van der Waals surface area contributed by atoms with Crippen LogP contribution >= 0.6 is 11.6 Å². The van der Waals surface area contributed by atoms with Gasteiger partial charge < -0.3 is 19.9 Å². The molecule has 3 aromatic carbocycles. The summed E-state index contributed by atoms with van der Waals surface area (Å²) in [6.45, 7) is 10.5. The Kier molecular flexibility index (Phi) is 9.75. The maximum Gasteiger partial charge on any atom is 0.410 e. The first-order chi connectivity index (χ1) is 19.1. The van der Waals surface area contributed by atoms with Gasteiger partial charge in [0.05, 0.1) is 0 Å². The van der Waals surface area contributed by atoms with Crippen molar-refractivity contribution in [3.63, 3.8) is 0 Å². The Labute approximate surface area is 243 Å². The van der Waals surface area contributed by atoms with Crippen molar-refractivity contribution in [2.45, 2.75) is 52.8 Å². The van der Waals surface area contributed by atoms with E-state index < -0.39 is 5.60 Å². The van der Waals surface area contributed by atoms with Crippen LogP contribution in [0.25, 0.3) is 0 Å². The lowest BCUT2D eigenvalue weighted by Gasteiger charge is -2.30. The third-order valence-corrected chi connectivity index (χ3v) is 7.37. The molecule has 0 saturated carbocycles. The molecule has 1 N–H and O–H groups in total. The fraction of sp³-hybridized carbons (Fsp3) is 0.394. The highest BCUT2D eigenvalue weighted by atomic mass is 35.5. The Bertz CT molecular complexity index is 1270. The Balaban J connectivity index is 1.58. The molecule has 0 aliphatic carbocycles. The van der Waals surface area contributed by atoms with Crippen LogP contribution in [0.2, 0.25) is 5.02 Å². The Morgan fingerprint density at radius 2 is 1.57 bits per heavy atom. The average Bonchev–Trinajstić information content (AvgIpc) is 3.30. The largest absolute Gasteiger partial charge is 0.444 e. The number of likely N-dealkylation sites (tertiary alicyclic amines) is 1. The van der Waals surface area contributed by atoms with Gasteiger partial charge in [-0.3, -0.25) is 4.79 Å². The minimum Gasteiger partial charge on any atom is -0.444 e. The van der Waals surface area contributed by atoms with Crippen LogP contribution in [0.4, 0.5) is 10.5 Å². The van der Waals surface area contributed by atoms with Gasteiger partial charge in [-0.2, -0.15) is 0 Å². The number of benzene rings is 3. The summed E-state index contributed by atoms with van der Waals surface area (Å²) < 4.78 is 5.75. The molecule has 0 radical (unpaired) electrons. The van der Waals surface area contributed by atoms with Crippen molar-refractivity contribution in [2.75, 3.05) is 24.5 Å². The van der Waals surface area contributed by atoms with E-state index in [0.29, 0.717) is 31.2 Å². The molecule has 2 atom stereocenters. The van der Waals surface area contributed by atoms with Crippen LogP contribution in [0.1, 0.15) is 44.4 Å². The number of nitrogens with one attached hydrogen (secondary N) is 1. The van der Waals surface area contributed by atoms with E-state index in [0.717, 1.165) is 29.8 Å². The summed E-state index contributed by atoms with van der Waals surface area (Å²) in [5, 5.41) is 3.58. The molecule has 212 valence electrons. The third kappa shape index (κ3) is 8.75. The van der Waals surface area contributed by atoms with Crippen molar-refractivity contribution in [2.24, 2.45) is 11.8 Å². The molecular weight excluding hydrogens is 522 g/mol. The predicted octanol–water partition coefficient (Wildman–Crippen LogP) is 6.71. The topological polar surface area (TPSA) is 61.9 Å². The molecule has 0 spiro atoms. The first kappa shape index (κ1) is 29.5. The number of anilines is 1. The van der Waals surface area contributed by atoms with E-state index in [2.05, 4.69) is 58.7 Å². The number of nitrogens with zero attached hydrogens (tertiary/aromatic N) is 2. The normalized spacial score (nSPS) is 17.0. The van der Waals surface area contributed by atoms with Gasteiger partial charge in [0.15, 0.2) is 0 Å². The fourth-order valence-corrected chi connectivity index (χ4v) is 5.38. The molecule has 4 rings (SSSR count). The number of carbonyl (C=O) groups is 2. The second-order valence-electron chi connectivity index (χ2n) is 11.7. The highest BCUT2D eigenvalue weighted by Crippen LogP contribution is 2.31. The number of hydrogen-bond acceptors (Lipinski definition) is 4. The molecule has 0 aromatic heterocycles. The molecule has 40 heavy (non-hydrogen) atoms. The van der Waals surface area contributed by atoms with Gasteiger partial charge in [0.1, 0.15) is 5.60 Å². The standard InChI is InChI=1S/C33H40ClN3O3/c1-24(38)35-19-26-11-8-12-27(17-26)20-36(31-15-13-30(34)14-16-31)22-29-23-37(32(39)40-33(2,3)4)21-28(29)18-25-9-6-5-7-10-25/h5-17,28-29H,18-23H2,1-4H3,(H,35,38)/t28-,29-/m0/s1. The molecule has 1 heterocycles. The van der Waals surface area contributed by atoms with Crippen LogP contribution in [0, 0.1) is 11.8 Å². The van der Waals surface area contributed by atoms with E-state index in [1.165, 1.54) is 12.5 Å². The maximum absolute atomic E-state index is 13.1.